The number of hydrogen-bond donors (Lipinski definition) is 2. The fourth-order valence-electron chi connectivity index (χ4n) is 2.82. The van der Waals surface area contributed by atoms with Crippen molar-refractivity contribution in [3.63, 3.8) is 0 Å². The number of rotatable bonds is 10. The molecule has 0 bridgehead atoms. The summed E-state index contributed by atoms with van der Waals surface area (Å²) < 4.78 is 0. The van der Waals surface area contributed by atoms with Gasteiger partial charge in [0.15, 0.2) is 5.78 Å². The Morgan fingerprint density at radius 1 is 1.15 bits per heavy atom. The molecule has 3 nitrogen and oxygen atoms in total. The summed E-state index contributed by atoms with van der Waals surface area (Å²) in [6, 6.07) is 4.07. The highest BCUT2D eigenvalue weighted by Crippen LogP contribution is 2.33. The molecule has 0 spiro atoms. The molecule has 0 saturated carbocycles. The van der Waals surface area contributed by atoms with E-state index in [-0.39, 0.29) is 34.7 Å². The lowest BCUT2D eigenvalue weighted by atomic mass is 9.79. The summed E-state index contributed by atoms with van der Waals surface area (Å²) >= 11 is 0. The van der Waals surface area contributed by atoms with E-state index in [1.54, 1.807) is 0 Å². The van der Waals surface area contributed by atoms with Crippen molar-refractivity contribution in [2.75, 3.05) is 0 Å². The van der Waals surface area contributed by atoms with Crippen molar-refractivity contribution in [3.8, 4) is 11.5 Å². The lowest BCUT2D eigenvalue weighted by Gasteiger charge is -2.24. The average molecular weight is 357 g/mol. The van der Waals surface area contributed by atoms with Gasteiger partial charge in [0.2, 0.25) is 0 Å². The Hall–Kier alpha value is -2.29. The van der Waals surface area contributed by atoms with E-state index in [9.17, 15) is 15.0 Å². The van der Waals surface area contributed by atoms with Gasteiger partial charge >= 0.3 is 0 Å². The Bertz CT molecular complexity index is 693. The molecule has 0 aliphatic heterocycles. The third-order valence-corrected chi connectivity index (χ3v) is 4.64. The van der Waals surface area contributed by atoms with Crippen molar-refractivity contribution in [1.82, 2.24) is 0 Å². The van der Waals surface area contributed by atoms with Crippen LogP contribution in [0, 0.1) is 5.41 Å². The van der Waals surface area contributed by atoms with Crippen molar-refractivity contribution in [3.05, 3.63) is 59.7 Å². The molecule has 1 atom stereocenters. The third kappa shape index (κ3) is 7.30. The van der Waals surface area contributed by atoms with Gasteiger partial charge in [0, 0.05) is 12.5 Å². The number of aromatic hydroxyl groups is 2. The van der Waals surface area contributed by atoms with Crippen LogP contribution in [-0.4, -0.2) is 16.0 Å². The first-order valence-corrected chi connectivity index (χ1v) is 9.14. The van der Waals surface area contributed by atoms with Crippen LogP contribution in [0.4, 0.5) is 0 Å². The highest BCUT2D eigenvalue weighted by atomic mass is 16.3. The van der Waals surface area contributed by atoms with Crippen molar-refractivity contribution in [1.29, 1.82) is 0 Å². The molecule has 1 aromatic carbocycles. The number of carbonyl (C=O) groups excluding carboxylic acids is 1. The van der Waals surface area contributed by atoms with Crippen LogP contribution in [0.5, 0.6) is 11.5 Å². The Morgan fingerprint density at radius 2 is 1.85 bits per heavy atom. The van der Waals surface area contributed by atoms with Gasteiger partial charge in [-0.05, 0) is 64.0 Å². The SMILES string of the molecule is C=C[C@](C)(CCC=C(C)CCC=C(C)C)CC(=O)c1ccc(O)cc1O. The minimum absolute atomic E-state index is 0.0562. The standard InChI is InChI=1S/C23H32O3/c1-6-23(5,14-8-11-18(4)10-7-9-17(2)3)16-22(26)20-13-12-19(24)15-21(20)25/h6,9,11-13,15,24-25H,1,7-8,10,14,16H2,2-5H3/t23-/m1/s1. The maximum atomic E-state index is 12.5. The molecular formula is C23H32O3. The van der Waals surface area contributed by atoms with Crippen LogP contribution in [0.25, 0.3) is 0 Å². The number of ketones is 1. The predicted molar refractivity (Wildman–Crippen MR) is 109 cm³/mol. The fourth-order valence-corrected chi connectivity index (χ4v) is 2.82. The zero-order valence-electron chi connectivity index (χ0n) is 16.5. The lowest BCUT2D eigenvalue weighted by Crippen LogP contribution is -2.18. The van der Waals surface area contributed by atoms with Crippen molar-refractivity contribution in [2.45, 2.75) is 59.8 Å². The minimum Gasteiger partial charge on any atom is -0.508 e. The summed E-state index contributed by atoms with van der Waals surface area (Å²) in [4.78, 5) is 12.5. The second kappa shape index (κ2) is 10.0. The van der Waals surface area contributed by atoms with Crippen LogP contribution in [0.3, 0.4) is 0 Å². The molecule has 2 N–H and O–H groups in total. The maximum absolute atomic E-state index is 12.5. The van der Waals surface area contributed by atoms with E-state index in [0.717, 1.165) is 25.7 Å². The van der Waals surface area contributed by atoms with Gasteiger partial charge in [-0.25, -0.2) is 0 Å². The van der Waals surface area contributed by atoms with Crippen LogP contribution in [0.1, 0.15) is 70.2 Å². The van der Waals surface area contributed by atoms with E-state index in [4.69, 9.17) is 0 Å². The molecule has 26 heavy (non-hydrogen) atoms. The van der Waals surface area contributed by atoms with E-state index in [1.807, 2.05) is 13.0 Å². The number of hydrogen-bond acceptors (Lipinski definition) is 3. The van der Waals surface area contributed by atoms with E-state index in [2.05, 4.69) is 39.5 Å². The second-order valence-electron chi connectivity index (χ2n) is 7.57. The summed E-state index contributed by atoms with van der Waals surface area (Å²) in [6.07, 6.45) is 10.4. The number of carbonyl (C=O) groups is 1. The molecule has 3 heteroatoms. The topological polar surface area (TPSA) is 57.5 Å². The highest BCUT2D eigenvalue weighted by molar-refractivity contribution is 5.99. The Balaban J connectivity index is 2.66. The van der Waals surface area contributed by atoms with Crippen LogP contribution in [-0.2, 0) is 0 Å². The van der Waals surface area contributed by atoms with E-state index >= 15 is 0 Å². The first-order valence-electron chi connectivity index (χ1n) is 9.14. The zero-order chi connectivity index (χ0) is 19.7. The number of phenolic OH excluding ortho intramolecular Hbond substituents is 2. The molecule has 1 aromatic rings. The summed E-state index contributed by atoms with van der Waals surface area (Å²) in [5.41, 5.74) is 2.60. The van der Waals surface area contributed by atoms with Crippen molar-refractivity contribution >= 4 is 5.78 Å². The number of benzene rings is 1. The molecule has 0 radical (unpaired) electrons. The average Bonchev–Trinajstić information content (AvgIpc) is 2.54. The Morgan fingerprint density at radius 3 is 2.42 bits per heavy atom. The molecule has 0 saturated heterocycles. The van der Waals surface area contributed by atoms with Gasteiger partial charge in [-0.1, -0.05) is 36.3 Å². The molecule has 0 aromatic heterocycles. The Kier molecular flexibility index (Phi) is 8.37. The van der Waals surface area contributed by atoms with E-state index in [0.29, 0.717) is 0 Å². The van der Waals surface area contributed by atoms with E-state index in [1.165, 1.54) is 29.3 Å². The van der Waals surface area contributed by atoms with Gasteiger partial charge in [-0.2, -0.15) is 0 Å². The van der Waals surface area contributed by atoms with Gasteiger partial charge in [-0.3, -0.25) is 4.79 Å². The predicted octanol–water partition coefficient (Wildman–Crippen LogP) is 6.34. The molecule has 0 aliphatic carbocycles. The van der Waals surface area contributed by atoms with Gasteiger partial charge in [0.25, 0.3) is 0 Å². The number of allylic oxidation sites excluding steroid dienone is 5. The van der Waals surface area contributed by atoms with Gasteiger partial charge in [0.1, 0.15) is 11.5 Å². The quantitative estimate of drug-likeness (QED) is 0.380. The summed E-state index contributed by atoms with van der Waals surface area (Å²) in [7, 11) is 0. The molecule has 1 rings (SSSR count). The third-order valence-electron chi connectivity index (χ3n) is 4.64. The monoisotopic (exact) mass is 356 g/mol. The van der Waals surface area contributed by atoms with Crippen LogP contribution < -0.4 is 0 Å². The normalized spacial score (nSPS) is 13.8. The zero-order valence-corrected chi connectivity index (χ0v) is 16.5. The number of Topliss-reactive ketones (excluding diaryl/α,β-unsaturated/α-hetero) is 1. The Labute approximate surface area is 157 Å². The molecule has 0 fully saturated rings. The molecule has 142 valence electrons. The highest BCUT2D eigenvalue weighted by Gasteiger charge is 2.25. The summed E-state index contributed by atoms with van der Waals surface area (Å²) in [5, 5.41) is 19.2. The second-order valence-corrected chi connectivity index (χ2v) is 7.57. The minimum atomic E-state index is -0.335. The first-order chi connectivity index (χ1) is 12.2. The van der Waals surface area contributed by atoms with Gasteiger partial charge in [0.05, 0.1) is 5.56 Å². The number of phenols is 2. The summed E-state index contributed by atoms with van der Waals surface area (Å²) in [6.45, 7) is 12.3. The van der Waals surface area contributed by atoms with Gasteiger partial charge in [-0.15, -0.1) is 6.58 Å². The fraction of sp³-hybridized carbons (Fsp3) is 0.435. The van der Waals surface area contributed by atoms with Crippen molar-refractivity contribution < 1.29 is 15.0 Å². The molecular weight excluding hydrogens is 324 g/mol. The van der Waals surface area contributed by atoms with E-state index < -0.39 is 0 Å². The molecule has 0 aliphatic rings. The van der Waals surface area contributed by atoms with Crippen LogP contribution >= 0.6 is 0 Å². The first kappa shape index (κ1) is 21.8. The molecule has 0 amide bonds. The van der Waals surface area contributed by atoms with Crippen LogP contribution in [0.15, 0.2) is 54.2 Å². The largest absolute Gasteiger partial charge is 0.508 e. The van der Waals surface area contributed by atoms with Gasteiger partial charge < -0.3 is 10.2 Å². The maximum Gasteiger partial charge on any atom is 0.167 e. The molecule has 0 heterocycles. The van der Waals surface area contributed by atoms with Crippen LogP contribution in [0.2, 0.25) is 0 Å². The summed E-state index contributed by atoms with van der Waals surface area (Å²) in [5.74, 6) is -0.384. The molecule has 0 unspecified atom stereocenters. The lowest BCUT2D eigenvalue weighted by molar-refractivity contribution is 0.0937. The smallest absolute Gasteiger partial charge is 0.167 e. The van der Waals surface area contributed by atoms with Crippen molar-refractivity contribution in [2.24, 2.45) is 5.41 Å².